The van der Waals surface area contributed by atoms with Crippen LogP contribution in [0.4, 0.5) is 11.4 Å². The Labute approximate surface area is 171 Å². The maximum absolute atomic E-state index is 12.6. The van der Waals surface area contributed by atoms with E-state index in [4.69, 9.17) is 11.6 Å². The molecule has 1 aliphatic rings. The highest BCUT2D eigenvalue weighted by molar-refractivity contribution is 7.20. The van der Waals surface area contributed by atoms with Crippen LogP contribution in [0.5, 0.6) is 0 Å². The third-order valence-electron chi connectivity index (χ3n) is 4.55. The van der Waals surface area contributed by atoms with Gasteiger partial charge in [0.15, 0.2) is 0 Å². The van der Waals surface area contributed by atoms with Gasteiger partial charge in [-0.1, -0.05) is 17.7 Å². The second-order valence-corrected chi connectivity index (χ2v) is 8.80. The van der Waals surface area contributed by atoms with E-state index >= 15 is 0 Å². The summed E-state index contributed by atoms with van der Waals surface area (Å²) in [6, 6.07) is 9.77. The van der Waals surface area contributed by atoms with Gasteiger partial charge in [-0.2, -0.15) is 0 Å². The first-order valence-electron chi connectivity index (χ1n) is 9.02. The van der Waals surface area contributed by atoms with Gasteiger partial charge in [0.2, 0.25) is 5.91 Å². The summed E-state index contributed by atoms with van der Waals surface area (Å²) in [5.74, 6) is -0.0708. The molecular formula is C20H20ClN3OS2. The molecule has 0 spiro atoms. The lowest BCUT2D eigenvalue weighted by molar-refractivity contribution is -0.115. The van der Waals surface area contributed by atoms with Crippen LogP contribution in [0.15, 0.2) is 41.1 Å². The smallest absolute Gasteiger partial charge is 0.230 e. The number of nitrogens with one attached hydrogen (secondary N) is 1. The van der Waals surface area contributed by atoms with E-state index in [1.807, 2.05) is 41.1 Å². The fraction of sp³-hybridized carbons (Fsp3) is 0.300. The van der Waals surface area contributed by atoms with Crippen molar-refractivity contribution in [2.24, 2.45) is 0 Å². The molecule has 0 aliphatic carbocycles. The second kappa shape index (κ2) is 8.42. The van der Waals surface area contributed by atoms with E-state index in [-0.39, 0.29) is 12.3 Å². The van der Waals surface area contributed by atoms with Crippen molar-refractivity contribution in [1.29, 1.82) is 0 Å². The number of carbonyl (C=O) groups excluding carboxylic acids is 1. The van der Waals surface area contributed by atoms with Crippen LogP contribution in [0, 0.1) is 0 Å². The molecule has 1 N–H and O–H groups in total. The third kappa shape index (κ3) is 4.51. The van der Waals surface area contributed by atoms with E-state index in [1.54, 1.807) is 22.7 Å². The van der Waals surface area contributed by atoms with Gasteiger partial charge in [-0.3, -0.25) is 4.79 Å². The highest BCUT2D eigenvalue weighted by Gasteiger charge is 2.17. The number of hydrogen-bond acceptors (Lipinski definition) is 5. The summed E-state index contributed by atoms with van der Waals surface area (Å²) in [5.41, 5.74) is 2.62. The highest BCUT2D eigenvalue weighted by atomic mass is 35.5. The summed E-state index contributed by atoms with van der Waals surface area (Å²) in [7, 11) is 0. The highest BCUT2D eigenvalue weighted by Crippen LogP contribution is 2.32. The minimum absolute atomic E-state index is 0.0708. The first-order chi connectivity index (χ1) is 13.2. The summed E-state index contributed by atoms with van der Waals surface area (Å²) >= 11 is 9.41. The number of hydrogen-bond donors (Lipinski definition) is 1. The second-order valence-electron chi connectivity index (χ2n) is 6.56. The van der Waals surface area contributed by atoms with Crippen molar-refractivity contribution < 1.29 is 4.79 Å². The van der Waals surface area contributed by atoms with Crippen LogP contribution in [0.25, 0.3) is 9.88 Å². The van der Waals surface area contributed by atoms with Crippen molar-refractivity contribution in [2.75, 3.05) is 23.3 Å². The number of nitrogens with zero attached hydrogens (tertiary/aromatic N) is 2. The molecule has 1 aromatic carbocycles. The lowest BCUT2D eigenvalue weighted by Gasteiger charge is -2.30. The molecule has 1 saturated heterocycles. The Balaban J connectivity index is 1.47. The van der Waals surface area contributed by atoms with E-state index in [0.29, 0.717) is 5.02 Å². The standard InChI is InChI=1S/C20H20ClN3OS2/c21-14-6-7-17(24-8-2-1-3-9-24)16(11-14)23-19(25)12-15-13-27-20(22-15)18-5-4-10-26-18/h4-7,10-11,13H,1-3,8-9,12H2,(H,23,25). The number of aromatic nitrogens is 1. The third-order valence-corrected chi connectivity index (χ3v) is 6.72. The van der Waals surface area contributed by atoms with E-state index < -0.39 is 0 Å². The average Bonchev–Trinajstić information content (AvgIpc) is 3.34. The molecule has 4 rings (SSSR count). The number of rotatable bonds is 5. The quantitative estimate of drug-likeness (QED) is 0.579. The number of halogens is 1. The number of anilines is 2. The van der Waals surface area contributed by atoms with Crippen molar-refractivity contribution in [2.45, 2.75) is 25.7 Å². The van der Waals surface area contributed by atoms with Gasteiger partial charge in [0, 0.05) is 23.5 Å². The first-order valence-corrected chi connectivity index (χ1v) is 11.2. The van der Waals surface area contributed by atoms with Crippen LogP contribution in [-0.2, 0) is 11.2 Å². The molecule has 1 fully saturated rings. The van der Waals surface area contributed by atoms with E-state index in [9.17, 15) is 4.79 Å². The lowest BCUT2D eigenvalue weighted by Crippen LogP contribution is -2.30. The fourth-order valence-electron chi connectivity index (χ4n) is 3.28. The van der Waals surface area contributed by atoms with Gasteiger partial charge in [-0.15, -0.1) is 22.7 Å². The number of thiophene rings is 1. The van der Waals surface area contributed by atoms with Gasteiger partial charge in [0.05, 0.1) is 28.4 Å². The van der Waals surface area contributed by atoms with Crippen LogP contribution in [-0.4, -0.2) is 24.0 Å². The normalized spacial score (nSPS) is 14.3. The van der Waals surface area contributed by atoms with Crippen LogP contribution in [0.2, 0.25) is 5.02 Å². The van der Waals surface area contributed by atoms with Gasteiger partial charge >= 0.3 is 0 Å². The van der Waals surface area contributed by atoms with Crippen molar-refractivity contribution in [3.05, 3.63) is 51.8 Å². The fourth-order valence-corrected chi connectivity index (χ4v) is 5.09. The molecule has 3 heterocycles. The van der Waals surface area contributed by atoms with Gasteiger partial charge in [0.25, 0.3) is 0 Å². The molecule has 1 aliphatic heterocycles. The Bertz CT molecular complexity index is 917. The van der Waals surface area contributed by atoms with Crippen LogP contribution in [0.3, 0.4) is 0 Å². The monoisotopic (exact) mass is 417 g/mol. The number of benzene rings is 1. The Kier molecular flexibility index (Phi) is 5.76. The number of amides is 1. The van der Waals surface area contributed by atoms with Crippen molar-refractivity contribution in [3.8, 4) is 9.88 Å². The predicted octanol–water partition coefficient (Wildman–Crippen LogP) is 5.70. The molecular weight excluding hydrogens is 398 g/mol. The number of carbonyl (C=O) groups is 1. The van der Waals surface area contributed by atoms with Crippen LogP contribution < -0.4 is 10.2 Å². The molecule has 3 aromatic rings. The lowest BCUT2D eigenvalue weighted by atomic mass is 10.1. The number of piperidine rings is 1. The molecule has 0 saturated carbocycles. The first kappa shape index (κ1) is 18.5. The van der Waals surface area contributed by atoms with Crippen LogP contribution >= 0.6 is 34.3 Å². The van der Waals surface area contributed by atoms with Gasteiger partial charge < -0.3 is 10.2 Å². The molecule has 7 heteroatoms. The zero-order chi connectivity index (χ0) is 18.6. The Morgan fingerprint density at radius 1 is 1.19 bits per heavy atom. The Hall–Kier alpha value is -1.89. The zero-order valence-corrected chi connectivity index (χ0v) is 17.2. The Morgan fingerprint density at radius 2 is 2.04 bits per heavy atom. The van der Waals surface area contributed by atoms with Crippen molar-refractivity contribution in [1.82, 2.24) is 4.98 Å². The van der Waals surface area contributed by atoms with Gasteiger partial charge in [0.1, 0.15) is 5.01 Å². The van der Waals surface area contributed by atoms with E-state index in [1.165, 1.54) is 19.3 Å². The van der Waals surface area contributed by atoms with Gasteiger partial charge in [-0.05, 0) is 48.9 Å². The molecule has 2 aromatic heterocycles. The average molecular weight is 418 g/mol. The van der Waals surface area contributed by atoms with Crippen molar-refractivity contribution >= 4 is 51.6 Å². The summed E-state index contributed by atoms with van der Waals surface area (Å²) in [4.78, 5) is 20.7. The SMILES string of the molecule is O=C(Cc1csc(-c2cccs2)n1)Nc1cc(Cl)ccc1N1CCCCC1. The molecule has 0 atom stereocenters. The maximum atomic E-state index is 12.6. The van der Waals surface area contributed by atoms with E-state index in [0.717, 1.165) is 40.0 Å². The molecule has 1 amide bonds. The maximum Gasteiger partial charge on any atom is 0.230 e. The minimum atomic E-state index is -0.0708. The molecule has 4 nitrogen and oxygen atoms in total. The summed E-state index contributed by atoms with van der Waals surface area (Å²) < 4.78 is 0. The van der Waals surface area contributed by atoms with Crippen LogP contribution in [0.1, 0.15) is 25.0 Å². The predicted molar refractivity (Wildman–Crippen MR) is 115 cm³/mol. The molecule has 27 heavy (non-hydrogen) atoms. The topological polar surface area (TPSA) is 45.2 Å². The molecule has 140 valence electrons. The molecule has 0 unspecified atom stereocenters. The van der Waals surface area contributed by atoms with Crippen molar-refractivity contribution in [3.63, 3.8) is 0 Å². The number of thiazole rings is 1. The van der Waals surface area contributed by atoms with Gasteiger partial charge in [-0.25, -0.2) is 4.98 Å². The van der Waals surface area contributed by atoms with E-state index in [2.05, 4.69) is 15.2 Å². The summed E-state index contributed by atoms with van der Waals surface area (Å²) in [5, 5.41) is 8.62. The Morgan fingerprint density at radius 3 is 2.81 bits per heavy atom. The minimum Gasteiger partial charge on any atom is -0.370 e. The molecule has 0 radical (unpaired) electrons. The summed E-state index contributed by atoms with van der Waals surface area (Å²) in [6.45, 7) is 2.03. The summed E-state index contributed by atoms with van der Waals surface area (Å²) in [6.07, 6.45) is 3.89. The molecule has 0 bridgehead atoms. The zero-order valence-electron chi connectivity index (χ0n) is 14.8. The largest absolute Gasteiger partial charge is 0.370 e.